The van der Waals surface area contributed by atoms with Gasteiger partial charge in [0.15, 0.2) is 0 Å². The summed E-state index contributed by atoms with van der Waals surface area (Å²) in [4.78, 5) is 17.0. The van der Waals surface area contributed by atoms with Crippen LogP contribution >= 0.6 is 0 Å². The van der Waals surface area contributed by atoms with E-state index in [1.54, 1.807) is 0 Å². The zero-order valence-corrected chi connectivity index (χ0v) is 11.3. The molecule has 1 saturated heterocycles. The summed E-state index contributed by atoms with van der Waals surface area (Å²) in [7, 11) is 2.10. The Kier molecular flexibility index (Phi) is 3.03. The van der Waals surface area contributed by atoms with E-state index in [9.17, 15) is 4.79 Å². The second kappa shape index (κ2) is 4.70. The van der Waals surface area contributed by atoms with Crippen LogP contribution in [0.5, 0.6) is 0 Å². The van der Waals surface area contributed by atoms with Crippen LogP contribution in [0.25, 0.3) is 11.0 Å². The number of likely N-dealkylation sites (N-methyl/N-ethyl adjacent to an activating group) is 1. The van der Waals surface area contributed by atoms with Crippen molar-refractivity contribution < 1.29 is 4.42 Å². The van der Waals surface area contributed by atoms with Crippen LogP contribution < -0.4 is 10.3 Å². The molecule has 3 rings (SSSR count). The molecule has 2 aromatic rings. The van der Waals surface area contributed by atoms with Gasteiger partial charge in [-0.25, -0.2) is 0 Å². The molecule has 0 unspecified atom stereocenters. The highest BCUT2D eigenvalue weighted by molar-refractivity contribution is 5.80. The number of piperazine rings is 1. The average Bonchev–Trinajstić information content (AvgIpc) is 2.41. The van der Waals surface area contributed by atoms with E-state index in [4.69, 9.17) is 4.42 Å². The molecule has 100 valence electrons. The first kappa shape index (κ1) is 12.2. The molecule has 1 aromatic carbocycles. The summed E-state index contributed by atoms with van der Waals surface area (Å²) in [5.41, 5.74) is 1.48. The molecular weight excluding hydrogens is 240 g/mol. The van der Waals surface area contributed by atoms with Crippen molar-refractivity contribution in [2.24, 2.45) is 0 Å². The number of anilines is 1. The maximum atomic E-state index is 12.6. The summed E-state index contributed by atoms with van der Waals surface area (Å²) in [6.45, 7) is 5.58. The fourth-order valence-corrected chi connectivity index (χ4v) is 2.64. The van der Waals surface area contributed by atoms with Crippen molar-refractivity contribution in [3.63, 3.8) is 0 Å². The van der Waals surface area contributed by atoms with Gasteiger partial charge in [-0.05, 0) is 26.1 Å². The van der Waals surface area contributed by atoms with Crippen LogP contribution in [-0.4, -0.2) is 38.1 Å². The lowest BCUT2D eigenvalue weighted by molar-refractivity contribution is 0.311. The van der Waals surface area contributed by atoms with Crippen molar-refractivity contribution in [1.82, 2.24) is 4.90 Å². The van der Waals surface area contributed by atoms with Gasteiger partial charge in [-0.3, -0.25) is 4.79 Å². The fourth-order valence-electron chi connectivity index (χ4n) is 2.64. The molecule has 2 heterocycles. The number of hydrogen-bond donors (Lipinski definition) is 0. The van der Waals surface area contributed by atoms with Crippen molar-refractivity contribution in [2.45, 2.75) is 6.92 Å². The molecule has 0 bridgehead atoms. The topological polar surface area (TPSA) is 36.7 Å². The van der Waals surface area contributed by atoms with E-state index in [2.05, 4.69) is 16.8 Å². The van der Waals surface area contributed by atoms with Gasteiger partial charge in [0.25, 0.3) is 0 Å². The van der Waals surface area contributed by atoms with Gasteiger partial charge in [0, 0.05) is 26.2 Å². The molecule has 0 saturated carbocycles. The largest absolute Gasteiger partial charge is 0.459 e. The lowest BCUT2D eigenvalue weighted by Gasteiger charge is -2.33. The van der Waals surface area contributed by atoms with Crippen LogP contribution in [-0.2, 0) is 0 Å². The molecule has 4 heteroatoms. The van der Waals surface area contributed by atoms with E-state index in [0.29, 0.717) is 16.7 Å². The molecular formula is C15H18N2O2. The molecule has 1 aliphatic heterocycles. The Balaban J connectivity index is 2.11. The quantitative estimate of drug-likeness (QED) is 0.782. The minimum atomic E-state index is 0.0869. The summed E-state index contributed by atoms with van der Waals surface area (Å²) >= 11 is 0. The summed E-state index contributed by atoms with van der Waals surface area (Å²) < 4.78 is 5.80. The van der Waals surface area contributed by atoms with Gasteiger partial charge in [0.05, 0.1) is 5.39 Å². The van der Waals surface area contributed by atoms with E-state index < -0.39 is 0 Å². The smallest absolute Gasteiger partial charge is 0.216 e. The SMILES string of the molecule is Cc1oc2ccccc2c(=O)c1N1CCN(C)CC1. The van der Waals surface area contributed by atoms with Gasteiger partial charge >= 0.3 is 0 Å². The summed E-state index contributed by atoms with van der Waals surface area (Å²) in [5.74, 6) is 0.716. The number of para-hydroxylation sites is 1. The van der Waals surface area contributed by atoms with Crippen LogP contribution in [0.3, 0.4) is 0 Å². The Hall–Kier alpha value is -1.81. The van der Waals surface area contributed by atoms with Crippen molar-refractivity contribution in [3.05, 3.63) is 40.2 Å². The minimum absolute atomic E-state index is 0.0869. The Morgan fingerprint density at radius 1 is 1.11 bits per heavy atom. The lowest BCUT2D eigenvalue weighted by atomic mass is 10.1. The average molecular weight is 258 g/mol. The normalized spacial score (nSPS) is 17.1. The van der Waals surface area contributed by atoms with Crippen LogP contribution in [0.1, 0.15) is 5.76 Å². The lowest BCUT2D eigenvalue weighted by Crippen LogP contribution is -2.46. The molecule has 0 spiro atoms. The molecule has 19 heavy (non-hydrogen) atoms. The van der Waals surface area contributed by atoms with Gasteiger partial charge in [0.2, 0.25) is 5.43 Å². The fraction of sp³-hybridized carbons (Fsp3) is 0.400. The van der Waals surface area contributed by atoms with Crippen LogP contribution in [0, 0.1) is 6.92 Å². The maximum absolute atomic E-state index is 12.6. The predicted molar refractivity (Wildman–Crippen MR) is 76.9 cm³/mol. The number of aryl methyl sites for hydroxylation is 1. The monoisotopic (exact) mass is 258 g/mol. The van der Waals surface area contributed by atoms with E-state index in [1.165, 1.54) is 0 Å². The van der Waals surface area contributed by atoms with Crippen LogP contribution in [0.2, 0.25) is 0 Å². The van der Waals surface area contributed by atoms with Gasteiger partial charge in [-0.1, -0.05) is 12.1 Å². The first-order valence-electron chi connectivity index (χ1n) is 6.63. The Labute approximate surface area is 112 Å². The molecule has 0 aliphatic carbocycles. The van der Waals surface area contributed by atoms with E-state index in [-0.39, 0.29) is 5.43 Å². The summed E-state index contributed by atoms with van der Waals surface area (Å²) in [6.07, 6.45) is 0. The third-order valence-electron chi connectivity index (χ3n) is 3.76. The second-order valence-corrected chi connectivity index (χ2v) is 5.12. The first-order valence-corrected chi connectivity index (χ1v) is 6.63. The van der Waals surface area contributed by atoms with E-state index in [0.717, 1.165) is 31.9 Å². The van der Waals surface area contributed by atoms with Gasteiger partial charge < -0.3 is 14.2 Å². The standard InChI is InChI=1S/C15H18N2O2/c1-11-14(17-9-7-16(2)8-10-17)15(18)12-5-3-4-6-13(12)19-11/h3-6H,7-10H2,1-2H3. The highest BCUT2D eigenvalue weighted by Crippen LogP contribution is 2.22. The van der Waals surface area contributed by atoms with Gasteiger partial charge in [0.1, 0.15) is 17.0 Å². The number of hydrogen-bond acceptors (Lipinski definition) is 4. The molecule has 1 aliphatic rings. The highest BCUT2D eigenvalue weighted by Gasteiger charge is 2.21. The van der Waals surface area contributed by atoms with Crippen LogP contribution in [0.4, 0.5) is 5.69 Å². The minimum Gasteiger partial charge on any atom is -0.459 e. The molecule has 4 nitrogen and oxygen atoms in total. The van der Waals surface area contributed by atoms with Crippen molar-refractivity contribution in [2.75, 3.05) is 38.1 Å². The van der Waals surface area contributed by atoms with Crippen molar-refractivity contribution in [1.29, 1.82) is 0 Å². The number of fused-ring (bicyclic) bond motifs is 1. The third-order valence-corrected chi connectivity index (χ3v) is 3.76. The van der Waals surface area contributed by atoms with Crippen LogP contribution in [0.15, 0.2) is 33.5 Å². The summed E-state index contributed by atoms with van der Waals surface area (Å²) in [5, 5.41) is 0.669. The molecule has 1 aromatic heterocycles. The van der Waals surface area contributed by atoms with E-state index >= 15 is 0 Å². The Morgan fingerprint density at radius 3 is 2.53 bits per heavy atom. The molecule has 0 amide bonds. The molecule has 1 fully saturated rings. The number of benzene rings is 1. The Morgan fingerprint density at radius 2 is 1.79 bits per heavy atom. The van der Waals surface area contributed by atoms with Gasteiger partial charge in [-0.15, -0.1) is 0 Å². The third kappa shape index (κ3) is 2.12. The molecule has 0 atom stereocenters. The predicted octanol–water partition coefficient (Wildman–Crippen LogP) is 1.85. The zero-order valence-electron chi connectivity index (χ0n) is 11.3. The van der Waals surface area contributed by atoms with Crippen molar-refractivity contribution in [3.8, 4) is 0 Å². The first-order chi connectivity index (χ1) is 9.16. The number of rotatable bonds is 1. The molecule has 0 N–H and O–H groups in total. The van der Waals surface area contributed by atoms with E-state index in [1.807, 2.05) is 31.2 Å². The zero-order chi connectivity index (χ0) is 13.4. The summed E-state index contributed by atoms with van der Waals surface area (Å²) in [6, 6.07) is 7.44. The Bertz CT molecular complexity index is 655. The molecule has 0 radical (unpaired) electrons. The second-order valence-electron chi connectivity index (χ2n) is 5.12. The van der Waals surface area contributed by atoms with Gasteiger partial charge in [-0.2, -0.15) is 0 Å². The highest BCUT2D eigenvalue weighted by atomic mass is 16.3. The van der Waals surface area contributed by atoms with Crippen molar-refractivity contribution >= 4 is 16.7 Å². The maximum Gasteiger partial charge on any atom is 0.216 e. The number of nitrogens with zero attached hydrogens (tertiary/aromatic N) is 2.